The summed E-state index contributed by atoms with van der Waals surface area (Å²) in [7, 11) is 3.85. The number of rotatable bonds is 5. The fourth-order valence-corrected chi connectivity index (χ4v) is 4.02. The van der Waals surface area contributed by atoms with Gasteiger partial charge in [0.15, 0.2) is 5.16 Å². The Kier molecular flexibility index (Phi) is 5.10. The van der Waals surface area contributed by atoms with Crippen LogP contribution in [0.5, 0.6) is 0 Å². The molecule has 1 aliphatic rings. The van der Waals surface area contributed by atoms with Gasteiger partial charge in [0.1, 0.15) is 5.54 Å². The highest BCUT2D eigenvalue weighted by Gasteiger charge is 2.43. The van der Waals surface area contributed by atoms with Crippen LogP contribution in [0.3, 0.4) is 0 Å². The van der Waals surface area contributed by atoms with E-state index in [4.69, 9.17) is 4.74 Å². The Morgan fingerprint density at radius 2 is 2.50 bits per heavy atom. The fraction of sp³-hybridized carbons (Fsp3) is 0.714. The number of esters is 1. The van der Waals surface area contributed by atoms with Crippen LogP contribution in [0.1, 0.15) is 32.6 Å². The number of hydrogen-bond acceptors (Lipinski definition) is 5. The lowest BCUT2D eigenvalue weighted by Gasteiger charge is -2.38. The van der Waals surface area contributed by atoms with Crippen molar-refractivity contribution in [1.82, 2.24) is 14.9 Å². The molecule has 1 aromatic heterocycles. The first kappa shape index (κ1) is 15.4. The second-order valence-corrected chi connectivity index (χ2v) is 6.48. The number of thioether (sulfide) groups is 1. The number of nitrogens with one attached hydrogen (secondary N) is 1. The molecule has 2 rings (SSSR count). The Morgan fingerprint density at radius 3 is 3.10 bits per heavy atom. The highest BCUT2D eigenvalue weighted by atomic mass is 32.2. The fourth-order valence-electron chi connectivity index (χ4n) is 2.72. The quantitative estimate of drug-likeness (QED) is 0.842. The maximum atomic E-state index is 12.3. The lowest BCUT2D eigenvalue weighted by atomic mass is 9.81. The summed E-state index contributed by atoms with van der Waals surface area (Å²) in [5, 5.41) is 4.61. The number of hydrogen-bond donors (Lipinski definition) is 1. The first-order valence-corrected chi connectivity index (χ1v) is 7.99. The summed E-state index contributed by atoms with van der Waals surface area (Å²) in [6, 6.07) is 0. The summed E-state index contributed by atoms with van der Waals surface area (Å²) in [4.78, 5) is 16.6. The van der Waals surface area contributed by atoms with Crippen molar-refractivity contribution in [3.05, 3.63) is 12.4 Å². The monoisotopic (exact) mass is 297 g/mol. The van der Waals surface area contributed by atoms with Gasteiger partial charge in [-0.15, -0.1) is 0 Å². The summed E-state index contributed by atoms with van der Waals surface area (Å²) in [6.45, 7) is 2.28. The summed E-state index contributed by atoms with van der Waals surface area (Å²) in [5.41, 5.74) is -0.531. The minimum Gasteiger partial charge on any atom is -0.465 e. The first-order valence-electron chi connectivity index (χ1n) is 7.11. The molecule has 1 saturated carbocycles. The summed E-state index contributed by atoms with van der Waals surface area (Å²) < 4.78 is 7.27. The van der Waals surface area contributed by atoms with Gasteiger partial charge in [0.2, 0.25) is 0 Å². The van der Waals surface area contributed by atoms with Crippen molar-refractivity contribution in [3.63, 3.8) is 0 Å². The van der Waals surface area contributed by atoms with E-state index in [0.717, 1.165) is 30.8 Å². The molecule has 2 unspecified atom stereocenters. The van der Waals surface area contributed by atoms with Crippen molar-refractivity contribution in [2.75, 3.05) is 13.7 Å². The van der Waals surface area contributed by atoms with Gasteiger partial charge < -0.3 is 14.6 Å². The molecular formula is C14H23N3O2S. The van der Waals surface area contributed by atoms with Crippen LogP contribution in [-0.4, -0.2) is 40.0 Å². The lowest BCUT2D eigenvalue weighted by Crippen LogP contribution is -2.54. The molecule has 2 atom stereocenters. The van der Waals surface area contributed by atoms with E-state index < -0.39 is 5.54 Å². The molecule has 0 aromatic carbocycles. The number of likely N-dealkylation sites (N-methyl/N-ethyl adjacent to an activating group) is 1. The van der Waals surface area contributed by atoms with Gasteiger partial charge in [-0.25, -0.2) is 4.98 Å². The number of nitrogens with zero attached hydrogens (tertiary/aromatic N) is 2. The molecule has 6 heteroatoms. The largest absolute Gasteiger partial charge is 0.465 e. The normalized spacial score (nSPS) is 26.4. The molecule has 0 spiro atoms. The third kappa shape index (κ3) is 3.17. The van der Waals surface area contributed by atoms with E-state index in [1.165, 1.54) is 0 Å². The topological polar surface area (TPSA) is 56.1 Å². The van der Waals surface area contributed by atoms with Crippen LogP contribution in [0.25, 0.3) is 0 Å². The molecule has 112 valence electrons. The molecule has 0 amide bonds. The third-order valence-electron chi connectivity index (χ3n) is 3.90. The molecule has 5 nitrogen and oxygen atoms in total. The molecule has 1 heterocycles. The maximum absolute atomic E-state index is 12.3. The number of carbonyl (C=O) groups excluding carboxylic acids is 1. The Bertz CT molecular complexity index is 463. The number of ether oxygens (including phenoxy) is 1. The number of aromatic nitrogens is 2. The zero-order chi connectivity index (χ0) is 14.6. The van der Waals surface area contributed by atoms with Gasteiger partial charge in [0.05, 0.1) is 6.61 Å². The van der Waals surface area contributed by atoms with E-state index in [9.17, 15) is 4.79 Å². The minimum absolute atomic E-state index is 0.118. The molecule has 0 radical (unpaired) electrons. The van der Waals surface area contributed by atoms with E-state index in [0.29, 0.717) is 11.9 Å². The van der Waals surface area contributed by atoms with Gasteiger partial charge in [0.25, 0.3) is 0 Å². The predicted molar refractivity (Wildman–Crippen MR) is 79.7 cm³/mol. The van der Waals surface area contributed by atoms with Crippen molar-refractivity contribution in [2.45, 2.75) is 48.6 Å². The number of carbonyl (C=O) groups is 1. The van der Waals surface area contributed by atoms with Crippen molar-refractivity contribution in [2.24, 2.45) is 7.05 Å². The Hall–Kier alpha value is -1.01. The zero-order valence-electron chi connectivity index (χ0n) is 12.4. The zero-order valence-corrected chi connectivity index (χ0v) is 13.2. The van der Waals surface area contributed by atoms with Gasteiger partial charge >= 0.3 is 5.97 Å². The lowest BCUT2D eigenvalue weighted by molar-refractivity contribution is -0.152. The standard InChI is InChI=1S/C14H23N3O2S/c1-4-19-12(18)14(15-2)7-5-6-11(10-14)20-13-16-8-9-17(13)3/h8-9,11,15H,4-7,10H2,1-3H3. The Balaban J connectivity index is 2.06. The van der Waals surface area contributed by atoms with E-state index in [-0.39, 0.29) is 5.97 Å². The van der Waals surface area contributed by atoms with Gasteiger partial charge in [-0.3, -0.25) is 4.79 Å². The van der Waals surface area contributed by atoms with Crippen molar-refractivity contribution in [3.8, 4) is 0 Å². The third-order valence-corrected chi connectivity index (χ3v) is 5.24. The van der Waals surface area contributed by atoms with Gasteiger partial charge in [-0.05, 0) is 39.7 Å². The van der Waals surface area contributed by atoms with Crippen LogP contribution < -0.4 is 5.32 Å². The van der Waals surface area contributed by atoms with Crippen LogP contribution >= 0.6 is 11.8 Å². The summed E-state index contributed by atoms with van der Waals surface area (Å²) >= 11 is 1.76. The second kappa shape index (κ2) is 6.63. The van der Waals surface area contributed by atoms with Crippen molar-refractivity contribution >= 4 is 17.7 Å². The van der Waals surface area contributed by atoms with Crippen molar-refractivity contribution in [1.29, 1.82) is 0 Å². The Labute approximate surface area is 124 Å². The van der Waals surface area contributed by atoms with Gasteiger partial charge in [-0.1, -0.05) is 11.8 Å². The van der Waals surface area contributed by atoms with Crippen LogP contribution in [0.15, 0.2) is 17.6 Å². The van der Waals surface area contributed by atoms with E-state index in [1.807, 2.05) is 38.0 Å². The second-order valence-electron chi connectivity index (χ2n) is 5.21. The summed E-state index contributed by atoms with van der Waals surface area (Å²) in [5.74, 6) is -0.118. The molecule has 1 aliphatic carbocycles. The van der Waals surface area contributed by atoms with Gasteiger partial charge in [-0.2, -0.15) is 0 Å². The smallest absolute Gasteiger partial charge is 0.326 e. The Morgan fingerprint density at radius 1 is 1.70 bits per heavy atom. The molecule has 1 N–H and O–H groups in total. The highest BCUT2D eigenvalue weighted by Crippen LogP contribution is 2.38. The SMILES string of the molecule is CCOC(=O)C1(NC)CCCC(Sc2nccn2C)C1. The molecule has 0 bridgehead atoms. The average molecular weight is 297 g/mol. The van der Waals surface area contributed by atoms with Crippen LogP contribution in [-0.2, 0) is 16.6 Å². The number of aryl methyl sites for hydroxylation is 1. The highest BCUT2D eigenvalue weighted by molar-refractivity contribution is 7.99. The molecule has 0 saturated heterocycles. The van der Waals surface area contributed by atoms with E-state index in [1.54, 1.807) is 11.8 Å². The predicted octanol–water partition coefficient (Wildman–Crippen LogP) is 1.98. The average Bonchev–Trinajstić information content (AvgIpc) is 2.84. The molecule has 1 fully saturated rings. The van der Waals surface area contributed by atoms with E-state index in [2.05, 4.69) is 10.3 Å². The molecule has 20 heavy (non-hydrogen) atoms. The van der Waals surface area contributed by atoms with E-state index >= 15 is 0 Å². The maximum Gasteiger partial charge on any atom is 0.326 e. The molecular weight excluding hydrogens is 274 g/mol. The van der Waals surface area contributed by atoms with Gasteiger partial charge in [0, 0.05) is 24.7 Å². The summed E-state index contributed by atoms with van der Waals surface area (Å²) in [6.07, 6.45) is 7.53. The van der Waals surface area contributed by atoms with Crippen LogP contribution in [0.2, 0.25) is 0 Å². The van der Waals surface area contributed by atoms with Crippen LogP contribution in [0, 0.1) is 0 Å². The first-order chi connectivity index (χ1) is 9.61. The van der Waals surface area contributed by atoms with Crippen molar-refractivity contribution < 1.29 is 9.53 Å². The molecule has 0 aliphatic heterocycles. The van der Waals surface area contributed by atoms with Crippen LogP contribution in [0.4, 0.5) is 0 Å². The number of imidazole rings is 1. The molecule has 1 aromatic rings. The minimum atomic E-state index is -0.531.